The Morgan fingerprint density at radius 3 is 1.86 bits per heavy atom. The summed E-state index contributed by atoms with van der Waals surface area (Å²) in [5.41, 5.74) is -0.799. The topological polar surface area (TPSA) is 46.5 Å². The second kappa shape index (κ2) is 5.82. The lowest BCUT2D eigenvalue weighted by Crippen LogP contribution is -2.55. The van der Waals surface area contributed by atoms with E-state index < -0.39 is 37.3 Å². The van der Waals surface area contributed by atoms with Crippen LogP contribution < -0.4 is 0 Å². The van der Waals surface area contributed by atoms with E-state index in [2.05, 4.69) is 4.52 Å². The van der Waals surface area contributed by atoms with Crippen molar-refractivity contribution in [1.29, 1.82) is 0 Å². The van der Waals surface area contributed by atoms with E-state index in [0.29, 0.717) is 6.66 Å². The van der Waals surface area contributed by atoms with Gasteiger partial charge in [-0.25, -0.2) is 0 Å². The van der Waals surface area contributed by atoms with Crippen molar-refractivity contribution in [3.05, 3.63) is 35.9 Å². The Labute approximate surface area is 120 Å². The summed E-state index contributed by atoms with van der Waals surface area (Å²) in [6.45, 7) is 0.394. The van der Waals surface area contributed by atoms with Crippen molar-refractivity contribution in [2.75, 3.05) is 6.66 Å². The summed E-state index contributed by atoms with van der Waals surface area (Å²) in [6, 6.07) is 4.99. The minimum Gasteiger partial charge on any atom is -0.324 e. The van der Waals surface area contributed by atoms with Gasteiger partial charge in [-0.1, -0.05) is 30.3 Å². The summed E-state index contributed by atoms with van der Waals surface area (Å²) in [4.78, 5) is 8.96. The highest BCUT2D eigenvalue weighted by atomic mass is 31.2. The first-order valence-electron chi connectivity index (χ1n) is 5.56. The maximum absolute atomic E-state index is 13.8. The fraction of sp³-hybridized carbons (Fsp3) is 0.455. The van der Waals surface area contributed by atoms with E-state index in [0.717, 1.165) is 24.3 Å². The van der Waals surface area contributed by atoms with Gasteiger partial charge in [0.25, 0.3) is 0 Å². The van der Waals surface area contributed by atoms with Crippen molar-refractivity contribution >= 4 is 7.60 Å². The van der Waals surface area contributed by atoms with Crippen LogP contribution in [0, 0.1) is 0 Å². The van der Waals surface area contributed by atoms with Crippen LogP contribution in [0.4, 0.5) is 30.7 Å². The Hall–Kier alpha value is -1.12. The number of hydrogen-bond donors (Lipinski definition) is 1. The first-order valence-corrected chi connectivity index (χ1v) is 7.58. The molecule has 0 saturated carbocycles. The number of alkyl halides is 7. The van der Waals surface area contributed by atoms with Crippen LogP contribution in [-0.2, 0) is 9.09 Å². The minimum absolute atomic E-state index is 0.394. The number of benzene rings is 1. The normalized spacial score (nSPS) is 17.9. The van der Waals surface area contributed by atoms with Crippen LogP contribution in [0.3, 0.4) is 0 Å². The van der Waals surface area contributed by atoms with Crippen molar-refractivity contribution < 1.29 is 44.7 Å². The highest BCUT2D eigenvalue weighted by Gasteiger charge is 2.76. The predicted molar refractivity (Wildman–Crippen MR) is 62.0 cm³/mol. The average Bonchev–Trinajstić information content (AvgIpc) is 2.34. The Bertz CT molecular complexity index is 553. The summed E-state index contributed by atoms with van der Waals surface area (Å²) >= 11 is 0. The summed E-state index contributed by atoms with van der Waals surface area (Å²) in [7, 11) is -4.79. The molecule has 0 fully saturated rings. The third-order valence-electron chi connectivity index (χ3n) is 2.51. The van der Waals surface area contributed by atoms with Gasteiger partial charge in [-0.3, -0.25) is 9.09 Å². The third-order valence-corrected chi connectivity index (χ3v) is 3.11. The Morgan fingerprint density at radius 2 is 1.50 bits per heavy atom. The van der Waals surface area contributed by atoms with Crippen LogP contribution in [0.2, 0.25) is 0 Å². The lowest BCUT2D eigenvalue weighted by molar-refractivity contribution is -0.370. The van der Waals surface area contributed by atoms with Gasteiger partial charge in [0.05, 0.1) is 0 Å². The zero-order chi connectivity index (χ0) is 17.4. The van der Waals surface area contributed by atoms with E-state index in [-0.39, 0.29) is 0 Å². The largest absolute Gasteiger partial charge is 0.459 e. The summed E-state index contributed by atoms with van der Waals surface area (Å²) in [5.74, 6) is -12.3. The monoisotopic (exact) mass is 354 g/mol. The molecule has 0 spiro atoms. The van der Waals surface area contributed by atoms with Gasteiger partial charge in [-0.2, -0.15) is 30.7 Å². The van der Waals surface area contributed by atoms with Gasteiger partial charge in [0.15, 0.2) is 6.10 Å². The molecule has 1 N–H and O–H groups in total. The lowest BCUT2D eigenvalue weighted by Gasteiger charge is -2.34. The standard InChI is InChI=1S/C11H10F7O3P/c1-22(19,20)21-8(7-5-3-2-4-6-7)9(12,13)10(14,15)11(16,17)18/h2-6,8H,1H3,(H,19,20). The molecule has 1 aromatic carbocycles. The molecule has 2 unspecified atom stereocenters. The van der Waals surface area contributed by atoms with E-state index >= 15 is 0 Å². The van der Waals surface area contributed by atoms with Gasteiger partial charge in [-0.15, -0.1) is 0 Å². The van der Waals surface area contributed by atoms with Crippen molar-refractivity contribution in [2.45, 2.75) is 24.1 Å². The molecule has 0 aliphatic carbocycles. The molecule has 11 heteroatoms. The van der Waals surface area contributed by atoms with Crippen LogP contribution >= 0.6 is 7.60 Å². The minimum atomic E-state index is -6.57. The first kappa shape index (κ1) is 18.9. The molecule has 126 valence electrons. The maximum atomic E-state index is 13.8. The molecule has 0 saturated heterocycles. The van der Waals surface area contributed by atoms with Crippen molar-refractivity contribution in [1.82, 2.24) is 0 Å². The molecule has 1 aromatic rings. The highest BCUT2D eigenvalue weighted by Crippen LogP contribution is 2.56. The lowest BCUT2D eigenvalue weighted by atomic mass is 9.98. The highest BCUT2D eigenvalue weighted by molar-refractivity contribution is 7.51. The summed E-state index contributed by atoms with van der Waals surface area (Å²) < 4.78 is 105. The van der Waals surface area contributed by atoms with E-state index in [1.807, 2.05) is 0 Å². The molecule has 2 atom stereocenters. The van der Waals surface area contributed by atoms with Gasteiger partial charge < -0.3 is 4.89 Å². The fourth-order valence-electron chi connectivity index (χ4n) is 1.51. The van der Waals surface area contributed by atoms with E-state index in [1.165, 1.54) is 6.07 Å². The van der Waals surface area contributed by atoms with Gasteiger partial charge >= 0.3 is 25.6 Å². The molecule has 0 heterocycles. The molecule has 0 aliphatic heterocycles. The second-order valence-corrected chi connectivity index (χ2v) is 6.21. The number of halogens is 7. The first-order chi connectivity index (χ1) is 9.70. The molecule has 1 rings (SSSR count). The van der Waals surface area contributed by atoms with E-state index in [1.54, 1.807) is 0 Å². The van der Waals surface area contributed by atoms with Gasteiger partial charge in [0.2, 0.25) is 0 Å². The van der Waals surface area contributed by atoms with E-state index in [4.69, 9.17) is 4.89 Å². The molecule has 22 heavy (non-hydrogen) atoms. The van der Waals surface area contributed by atoms with Crippen molar-refractivity contribution in [2.24, 2.45) is 0 Å². The van der Waals surface area contributed by atoms with Crippen LogP contribution in [-0.4, -0.2) is 29.6 Å². The van der Waals surface area contributed by atoms with Crippen LogP contribution in [0.15, 0.2) is 30.3 Å². The molecule has 0 radical (unpaired) electrons. The van der Waals surface area contributed by atoms with Gasteiger partial charge in [0, 0.05) is 6.66 Å². The molecular weight excluding hydrogens is 344 g/mol. The zero-order valence-corrected chi connectivity index (χ0v) is 11.7. The van der Waals surface area contributed by atoms with Crippen molar-refractivity contribution in [3.63, 3.8) is 0 Å². The fourth-order valence-corrected chi connectivity index (χ4v) is 2.16. The number of hydrogen-bond acceptors (Lipinski definition) is 2. The van der Waals surface area contributed by atoms with Crippen LogP contribution in [0.5, 0.6) is 0 Å². The molecular formula is C11H10F7O3P. The second-order valence-electron chi connectivity index (χ2n) is 4.39. The summed E-state index contributed by atoms with van der Waals surface area (Å²) in [5, 5.41) is 0. The molecule has 0 aromatic heterocycles. The molecule has 0 aliphatic rings. The van der Waals surface area contributed by atoms with Gasteiger partial charge in [0.1, 0.15) is 0 Å². The Morgan fingerprint density at radius 1 is 1.05 bits per heavy atom. The van der Waals surface area contributed by atoms with E-state index in [9.17, 15) is 35.3 Å². The maximum Gasteiger partial charge on any atom is 0.459 e. The Balaban J connectivity index is 3.41. The smallest absolute Gasteiger partial charge is 0.324 e. The predicted octanol–water partition coefficient (Wildman–Crippen LogP) is 4.39. The average molecular weight is 354 g/mol. The Kier molecular flexibility index (Phi) is 5.01. The van der Waals surface area contributed by atoms with Crippen molar-refractivity contribution in [3.8, 4) is 0 Å². The van der Waals surface area contributed by atoms with Crippen LogP contribution in [0.25, 0.3) is 0 Å². The quantitative estimate of drug-likeness (QED) is 0.630. The third kappa shape index (κ3) is 3.80. The SMILES string of the molecule is CP(=O)(O)OC(c1ccccc1)C(F)(F)C(F)(F)C(F)(F)F. The molecule has 3 nitrogen and oxygen atoms in total. The molecule has 0 amide bonds. The van der Waals surface area contributed by atoms with Crippen LogP contribution in [0.1, 0.15) is 11.7 Å². The summed E-state index contributed by atoms with van der Waals surface area (Å²) in [6.07, 6.45) is -9.83. The zero-order valence-electron chi connectivity index (χ0n) is 10.8. The van der Waals surface area contributed by atoms with Gasteiger partial charge in [-0.05, 0) is 5.56 Å². The number of rotatable bonds is 5. The molecule has 0 bridgehead atoms.